The van der Waals surface area contributed by atoms with Crippen LogP contribution in [0.25, 0.3) is 33.1 Å². The Labute approximate surface area is 222 Å². The molecule has 2 aromatic heterocycles. The molecule has 0 atom stereocenters. The van der Waals surface area contributed by atoms with E-state index in [0.717, 1.165) is 51.5 Å². The van der Waals surface area contributed by atoms with Crippen molar-refractivity contribution in [2.24, 2.45) is 5.73 Å². The van der Waals surface area contributed by atoms with Crippen molar-refractivity contribution in [1.82, 2.24) is 14.9 Å². The molecule has 1 aliphatic carbocycles. The summed E-state index contributed by atoms with van der Waals surface area (Å²) in [5.74, 6) is 0.691. The molecule has 0 saturated heterocycles. The standard InChI is InChI=1S/C29H32N4O4S/c1-3-33(17-21(30)18-34)12-5-13-37-26-11-10-24(27-25-14-19(2)16-31-29(25)32-28(26)27)20-6-4-7-23(15-20)38(35,36)22-8-9-22/h3-4,6-7,10-11,14-17,22,34H,1,5,8-9,12-13,18,30H2,2H3,(H,31,32)/b21-17-. The number of sulfone groups is 1. The predicted molar refractivity (Wildman–Crippen MR) is 150 cm³/mol. The summed E-state index contributed by atoms with van der Waals surface area (Å²) in [7, 11) is -3.31. The van der Waals surface area contributed by atoms with Crippen molar-refractivity contribution in [3.8, 4) is 16.9 Å². The summed E-state index contributed by atoms with van der Waals surface area (Å²) in [6.07, 6.45) is 7.28. The quantitative estimate of drug-likeness (QED) is 0.241. The number of aromatic amines is 1. The van der Waals surface area contributed by atoms with E-state index >= 15 is 0 Å². The molecule has 0 radical (unpaired) electrons. The summed E-state index contributed by atoms with van der Waals surface area (Å²) in [4.78, 5) is 10.2. The van der Waals surface area contributed by atoms with Gasteiger partial charge in [0.05, 0.1) is 34.6 Å². The summed E-state index contributed by atoms with van der Waals surface area (Å²) in [6.45, 7) is 6.64. The molecular weight excluding hydrogens is 500 g/mol. The van der Waals surface area contributed by atoms with Gasteiger partial charge in [0.2, 0.25) is 0 Å². The van der Waals surface area contributed by atoms with E-state index in [1.165, 1.54) is 0 Å². The molecular formula is C29H32N4O4S. The first kappa shape index (κ1) is 25.8. The Balaban J connectivity index is 1.49. The number of rotatable bonds is 11. The van der Waals surface area contributed by atoms with Crippen molar-refractivity contribution >= 4 is 31.8 Å². The highest BCUT2D eigenvalue weighted by molar-refractivity contribution is 7.92. The van der Waals surface area contributed by atoms with Gasteiger partial charge in [-0.25, -0.2) is 13.4 Å². The average Bonchev–Trinajstić information content (AvgIpc) is 3.72. The normalized spacial score (nSPS) is 14.2. The number of ether oxygens (including phenoxy) is 1. The number of nitrogens with zero attached hydrogens (tertiary/aromatic N) is 2. The topological polar surface area (TPSA) is 122 Å². The molecule has 0 amide bonds. The van der Waals surface area contributed by atoms with Crippen LogP contribution >= 0.6 is 0 Å². The van der Waals surface area contributed by atoms with Crippen LogP contribution in [-0.2, 0) is 9.84 Å². The van der Waals surface area contributed by atoms with E-state index < -0.39 is 9.84 Å². The van der Waals surface area contributed by atoms with Crippen LogP contribution in [0.3, 0.4) is 0 Å². The molecule has 4 N–H and O–H groups in total. The lowest BCUT2D eigenvalue weighted by Crippen LogP contribution is -2.17. The highest BCUT2D eigenvalue weighted by Gasteiger charge is 2.37. The number of H-pyrrole nitrogens is 1. The maximum atomic E-state index is 12.9. The lowest BCUT2D eigenvalue weighted by atomic mass is 9.99. The lowest BCUT2D eigenvalue weighted by molar-refractivity contribution is 0.295. The molecule has 0 aliphatic heterocycles. The van der Waals surface area contributed by atoms with E-state index in [1.54, 1.807) is 24.5 Å². The number of fused-ring (bicyclic) bond motifs is 3. The Bertz CT molecular complexity index is 1640. The maximum absolute atomic E-state index is 12.9. The number of benzene rings is 2. The molecule has 2 heterocycles. The third kappa shape index (κ3) is 5.12. The van der Waals surface area contributed by atoms with Crippen LogP contribution < -0.4 is 10.5 Å². The molecule has 0 spiro atoms. The largest absolute Gasteiger partial charge is 0.491 e. The van der Waals surface area contributed by atoms with E-state index in [2.05, 4.69) is 22.6 Å². The van der Waals surface area contributed by atoms with Gasteiger partial charge >= 0.3 is 0 Å². The van der Waals surface area contributed by atoms with Gasteiger partial charge in [-0.1, -0.05) is 18.7 Å². The summed E-state index contributed by atoms with van der Waals surface area (Å²) < 4.78 is 32.0. The summed E-state index contributed by atoms with van der Waals surface area (Å²) in [6, 6.07) is 13.2. The first-order valence-electron chi connectivity index (χ1n) is 12.7. The Kier molecular flexibility index (Phi) is 7.14. The van der Waals surface area contributed by atoms with Gasteiger partial charge < -0.3 is 25.5 Å². The highest BCUT2D eigenvalue weighted by Crippen LogP contribution is 2.40. The van der Waals surface area contributed by atoms with E-state index in [4.69, 9.17) is 15.6 Å². The number of aryl methyl sites for hydroxylation is 1. The van der Waals surface area contributed by atoms with Gasteiger partial charge in [0, 0.05) is 29.7 Å². The van der Waals surface area contributed by atoms with Crippen LogP contribution in [0, 0.1) is 6.92 Å². The molecule has 0 bridgehead atoms. The van der Waals surface area contributed by atoms with Gasteiger partial charge in [0.15, 0.2) is 9.84 Å². The molecule has 1 saturated carbocycles. The fraction of sp³-hybridized carbons (Fsp3) is 0.276. The van der Waals surface area contributed by atoms with Gasteiger partial charge in [-0.15, -0.1) is 0 Å². The smallest absolute Gasteiger partial charge is 0.181 e. The van der Waals surface area contributed by atoms with Gasteiger partial charge in [-0.3, -0.25) is 0 Å². The Morgan fingerprint density at radius 1 is 1.29 bits per heavy atom. The molecule has 198 valence electrons. The zero-order chi connectivity index (χ0) is 26.9. The van der Waals surface area contributed by atoms with Crippen LogP contribution in [0.4, 0.5) is 0 Å². The van der Waals surface area contributed by atoms with Crippen LogP contribution in [-0.4, -0.2) is 53.4 Å². The van der Waals surface area contributed by atoms with Crippen molar-refractivity contribution in [2.45, 2.75) is 36.3 Å². The minimum absolute atomic E-state index is 0.214. The number of nitrogens with one attached hydrogen (secondary N) is 1. The van der Waals surface area contributed by atoms with Crippen LogP contribution in [0.1, 0.15) is 24.8 Å². The van der Waals surface area contributed by atoms with Crippen LogP contribution in [0.5, 0.6) is 5.75 Å². The summed E-state index contributed by atoms with van der Waals surface area (Å²) in [5.41, 5.74) is 10.4. The second kappa shape index (κ2) is 10.5. The molecule has 38 heavy (non-hydrogen) atoms. The van der Waals surface area contributed by atoms with E-state index in [0.29, 0.717) is 35.9 Å². The van der Waals surface area contributed by atoms with Gasteiger partial charge in [0.1, 0.15) is 11.4 Å². The fourth-order valence-electron chi connectivity index (χ4n) is 4.63. The molecule has 1 fully saturated rings. The molecule has 8 nitrogen and oxygen atoms in total. The molecule has 9 heteroatoms. The maximum Gasteiger partial charge on any atom is 0.181 e. The minimum atomic E-state index is -3.31. The van der Waals surface area contributed by atoms with Crippen LogP contribution in [0.15, 0.2) is 78.2 Å². The molecule has 4 aromatic rings. The number of aromatic nitrogens is 2. The molecule has 5 rings (SSSR count). The minimum Gasteiger partial charge on any atom is -0.491 e. The van der Waals surface area contributed by atoms with Crippen molar-refractivity contribution in [1.29, 1.82) is 0 Å². The fourth-order valence-corrected chi connectivity index (χ4v) is 6.33. The summed E-state index contributed by atoms with van der Waals surface area (Å²) >= 11 is 0. The molecule has 0 unspecified atom stereocenters. The average molecular weight is 533 g/mol. The second-order valence-electron chi connectivity index (χ2n) is 9.65. The first-order chi connectivity index (χ1) is 18.3. The molecule has 2 aromatic carbocycles. The van der Waals surface area contributed by atoms with Crippen molar-refractivity contribution < 1.29 is 18.3 Å². The monoisotopic (exact) mass is 532 g/mol. The van der Waals surface area contributed by atoms with Gasteiger partial charge in [0.25, 0.3) is 0 Å². The zero-order valence-electron chi connectivity index (χ0n) is 21.4. The number of nitrogens with two attached hydrogens (primary N) is 1. The van der Waals surface area contributed by atoms with Gasteiger partial charge in [-0.05, 0) is 79.4 Å². The third-order valence-corrected chi connectivity index (χ3v) is 8.97. The Hall–Kier alpha value is -3.82. The third-order valence-electron chi connectivity index (χ3n) is 6.71. The second-order valence-corrected chi connectivity index (χ2v) is 11.9. The zero-order valence-corrected chi connectivity index (χ0v) is 22.2. The summed E-state index contributed by atoms with van der Waals surface area (Å²) in [5, 5.41) is 10.8. The van der Waals surface area contributed by atoms with E-state index in [-0.39, 0.29) is 11.9 Å². The van der Waals surface area contributed by atoms with E-state index in [1.807, 2.05) is 42.3 Å². The SMILES string of the molecule is C=CN(/C=C(\N)CO)CCCOc1ccc(-c2cccc(S(=O)(=O)C3CC3)c2)c2c1[nH]c1ncc(C)cc12. The van der Waals surface area contributed by atoms with E-state index in [9.17, 15) is 8.42 Å². The van der Waals surface area contributed by atoms with Crippen molar-refractivity contribution in [3.63, 3.8) is 0 Å². The number of aliphatic hydroxyl groups is 1. The van der Waals surface area contributed by atoms with Crippen molar-refractivity contribution in [3.05, 3.63) is 78.9 Å². The number of pyridine rings is 1. The number of aliphatic hydroxyl groups excluding tert-OH is 1. The van der Waals surface area contributed by atoms with Gasteiger partial charge in [-0.2, -0.15) is 0 Å². The predicted octanol–water partition coefficient (Wildman–Crippen LogP) is 4.63. The Morgan fingerprint density at radius 2 is 2.11 bits per heavy atom. The molecule has 1 aliphatic rings. The Morgan fingerprint density at radius 3 is 2.84 bits per heavy atom. The van der Waals surface area contributed by atoms with Crippen LogP contribution in [0.2, 0.25) is 0 Å². The van der Waals surface area contributed by atoms with Crippen molar-refractivity contribution in [2.75, 3.05) is 19.8 Å². The first-order valence-corrected chi connectivity index (χ1v) is 14.2. The lowest BCUT2D eigenvalue weighted by Gasteiger charge is -2.16. The number of hydrogen-bond donors (Lipinski definition) is 3. The highest BCUT2D eigenvalue weighted by atomic mass is 32.2. The number of hydrogen-bond acceptors (Lipinski definition) is 7.